The van der Waals surface area contributed by atoms with Gasteiger partial charge in [0.1, 0.15) is 17.8 Å². The van der Waals surface area contributed by atoms with Gasteiger partial charge in [-0.25, -0.2) is 0 Å². The van der Waals surface area contributed by atoms with Gasteiger partial charge in [0.05, 0.1) is 6.61 Å². The zero-order valence-corrected chi connectivity index (χ0v) is 9.51. The highest BCUT2D eigenvalue weighted by molar-refractivity contribution is 5.92. The fourth-order valence-corrected chi connectivity index (χ4v) is 1.92. The van der Waals surface area contributed by atoms with Crippen LogP contribution in [0.15, 0.2) is 24.5 Å². The van der Waals surface area contributed by atoms with Crippen LogP contribution >= 0.6 is 0 Å². The Kier molecular flexibility index (Phi) is 3.58. The van der Waals surface area contributed by atoms with Gasteiger partial charge in [0.2, 0.25) is 0 Å². The fourth-order valence-electron chi connectivity index (χ4n) is 1.92. The van der Waals surface area contributed by atoms with Crippen molar-refractivity contribution in [3.8, 4) is 0 Å². The van der Waals surface area contributed by atoms with Crippen molar-refractivity contribution in [1.82, 2.24) is 0 Å². The van der Waals surface area contributed by atoms with E-state index in [1.54, 1.807) is 12.3 Å². The molecule has 0 radical (unpaired) electrons. The number of carbonyl (C=O) groups excluding carboxylic acids is 1. The number of primary amides is 1. The van der Waals surface area contributed by atoms with Crippen molar-refractivity contribution in [2.75, 3.05) is 6.61 Å². The number of amides is 1. The van der Waals surface area contributed by atoms with Gasteiger partial charge in [-0.2, -0.15) is 4.57 Å². The maximum Gasteiger partial charge on any atom is 0.292 e. The van der Waals surface area contributed by atoms with Crippen LogP contribution in [0.25, 0.3) is 0 Å². The van der Waals surface area contributed by atoms with Crippen molar-refractivity contribution in [2.24, 2.45) is 5.73 Å². The van der Waals surface area contributed by atoms with E-state index < -0.39 is 37.1 Å². The molecule has 7 heteroatoms. The van der Waals surface area contributed by atoms with Crippen molar-refractivity contribution < 1.29 is 29.4 Å². The largest absolute Gasteiger partial charge is 0.394 e. The molecule has 1 saturated heterocycles. The van der Waals surface area contributed by atoms with Gasteiger partial charge in [0, 0.05) is 6.07 Å². The quantitative estimate of drug-likeness (QED) is 0.453. The maximum atomic E-state index is 11.1. The molecule has 5 N–H and O–H groups in total. The van der Waals surface area contributed by atoms with E-state index in [-0.39, 0.29) is 5.56 Å². The molecular formula is C11H15N2O5+. The topological polar surface area (TPSA) is 117 Å². The van der Waals surface area contributed by atoms with Crippen LogP contribution in [0.1, 0.15) is 16.6 Å². The third-order valence-electron chi connectivity index (χ3n) is 2.92. The predicted octanol–water partition coefficient (Wildman–Crippen LogP) is -2.32. The lowest BCUT2D eigenvalue weighted by Gasteiger charge is -2.09. The summed E-state index contributed by atoms with van der Waals surface area (Å²) in [5, 5.41) is 28.4. The standard InChI is InChI=1S/C11H14N2O5/c12-10(17)6-2-1-3-13(4-6)11-9(16)8(15)7(5-14)18-11/h1-4,7-9,11,14-16H,5H2,(H-,12,17)/p+1/t7-,8+,9+,11?/m1/s1. The summed E-state index contributed by atoms with van der Waals surface area (Å²) in [5.41, 5.74) is 5.41. The number of rotatable bonds is 3. The van der Waals surface area contributed by atoms with E-state index in [4.69, 9.17) is 15.6 Å². The Labute approximate surface area is 103 Å². The summed E-state index contributed by atoms with van der Waals surface area (Å²) >= 11 is 0. The van der Waals surface area contributed by atoms with Crippen molar-refractivity contribution in [3.05, 3.63) is 30.1 Å². The molecular weight excluding hydrogens is 240 g/mol. The molecule has 0 aromatic carbocycles. The Hall–Kier alpha value is -1.54. The third kappa shape index (κ3) is 2.21. The number of aliphatic hydroxyl groups is 3. The Morgan fingerprint density at radius 2 is 2.17 bits per heavy atom. The number of hydrogen-bond acceptors (Lipinski definition) is 5. The Bertz CT molecular complexity index is 453. The average molecular weight is 255 g/mol. The van der Waals surface area contributed by atoms with E-state index in [2.05, 4.69) is 0 Å². The van der Waals surface area contributed by atoms with Crippen molar-refractivity contribution in [2.45, 2.75) is 24.5 Å². The molecule has 0 spiro atoms. The van der Waals surface area contributed by atoms with E-state index in [1.807, 2.05) is 0 Å². The average Bonchev–Trinajstić information content (AvgIpc) is 2.66. The van der Waals surface area contributed by atoms with Gasteiger partial charge >= 0.3 is 0 Å². The molecule has 1 aliphatic heterocycles. The summed E-state index contributed by atoms with van der Waals surface area (Å²) in [4.78, 5) is 11.1. The van der Waals surface area contributed by atoms with Crippen LogP contribution in [0.5, 0.6) is 0 Å². The molecule has 1 amide bonds. The van der Waals surface area contributed by atoms with Gasteiger partial charge in [0.25, 0.3) is 12.1 Å². The van der Waals surface area contributed by atoms with Crippen LogP contribution in [-0.2, 0) is 4.74 Å². The number of aromatic nitrogens is 1. The summed E-state index contributed by atoms with van der Waals surface area (Å²) < 4.78 is 6.75. The van der Waals surface area contributed by atoms with Crippen LogP contribution in [0.4, 0.5) is 0 Å². The lowest BCUT2D eigenvalue weighted by Crippen LogP contribution is -2.46. The van der Waals surface area contributed by atoms with E-state index in [0.29, 0.717) is 0 Å². The second-order valence-corrected chi connectivity index (χ2v) is 4.13. The van der Waals surface area contributed by atoms with Crippen LogP contribution in [-0.4, -0.2) is 46.1 Å². The summed E-state index contributed by atoms with van der Waals surface area (Å²) in [6, 6.07) is 3.11. The zero-order valence-electron chi connectivity index (χ0n) is 9.51. The third-order valence-corrected chi connectivity index (χ3v) is 2.92. The Morgan fingerprint density at radius 1 is 1.44 bits per heavy atom. The van der Waals surface area contributed by atoms with Crippen LogP contribution in [0.2, 0.25) is 0 Å². The number of pyridine rings is 1. The van der Waals surface area contributed by atoms with Gasteiger partial charge in [-0.3, -0.25) is 4.79 Å². The smallest absolute Gasteiger partial charge is 0.292 e. The summed E-state index contributed by atoms with van der Waals surface area (Å²) in [6.45, 7) is -0.398. The lowest BCUT2D eigenvalue weighted by atomic mass is 10.1. The van der Waals surface area contributed by atoms with Crippen molar-refractivity contribution >= 4 is 5.91 Å². The first-order valence-electron chi connectivity index (χ1n) is 5.47. The number of nitrogens with zero attached hydrogens (tertiary/aromatic N) is 1. The van der Waals surface area contributed by atoms with Crippen molar-refractivity contribution in [1.29, 1.82) is 0 Å². The molecule has 18 heavy (non-hydrogen) atoms. The lowest BCUT2D eigenvalue weighted by molar-refractivity contribution is -0.765. The second-order valence-electron chi connectivity index (χ2n) is 4.13. The molecule has 1 fully saturated rings. The molecule has 7 nitrogen and oxygen atoms in total. The summed E-state index contributed by atoms with van der Waals surface area (Å²) in [7, 11) is 0. The molecule has 4 atom stereocenters. The first-order chi connectivity index (χ1) is 8.54. The minimum absolute atomic E-state index is 0.259. The molecule has 2 heterocycles. The number of aliphatic hydroxyl groups excluding tert-OH is 3. The van der Waals surface area contributed by atoms with Gasteiger partial charge < -0.3 is 25.8 Å². The number of hydrogen-bond donors (Lipinski definition) is 4. The Morgan fingerprint density at radius 3 is 2.72 bits per heavy atom. The van der Waals surface area contributed by atoms with E-state index in [0.717, 1.165) is 0 Å². The maximum absolute atomic E-state index is 11.1. The van der Waals surface area contributed by atoms with E-state index in [1.165, 1.54) is 16.8 Å². The van der Waals surface area contributed by atoms with Crippen molar-refractivity contribution in [3.63, 3.8) is 0 Å². The monoisotopic (exact) mass is 255 g/mol. The van der Waals surface area contributed by atoms with Gasteiger partial charge in [-0.1, -0.05) is 0 Å². The molecule has 1 aliphatic rings. The number of ether oxygens (including phenoxy) is 1. The fraction of sp³-hybridized carbons (Fsp3) is 0.455. The van der Waals surface area contributed by atoms with Crippen LogP contribution < -0.4 is 10.3 Å². The molecule has 1 aromatic rings. The first kappa shape index (κ1) is 12.9. The highest BCUT2D eigenvalue weighted by Crippen LogP contribution is 2.24. The van der Waals surface area contributed by atoms with Gasteiger partial charge in [-0.15, -0.1) is 0 Å². The van der Waals surface area contributed by atoms with Gasteiger partial charge in [0.15, 0.2) is 18.5 Å². The van der Waals surface area contributed by atoms with E-state index in [9.17, 15) is 15.0 Å². The Balaban J connectivity index is 2.27. The van der Waals surface area contributed by atoms with Crippen LogP contribution in [0, 0.1) is 0 Å². The molecule has 0 aliphatic carbocycles. The highest BCUT2D eigenvalue weighted by Gasteiger charge is 2.47. The minimum Gasteiger partial charge on any atom is -0.394 e. The molecule has 98 valence electrons. The SMILES string of the molecule is NC(=O)c1ccc[n+](C2O[C@H](CO)[C@H](O)[C@@H]2O)c1. The molecule has 1 aromatic heterocycles. The molecule has 1 unspecified atom stereocenters. The minimum atomic E-state index is -1.18. The predicted molar refractivity (Wildman–Crippen MR) is 58.2 cm³/mol. The van der Waals surface area contributed by atoms with E-state index >= 15 is 0 Å². The molecule has 2 rings (SSSR count). The van der Waals surface area contributed by atoms with Gasteiger partial charge in [-0.05, 0) is 6.07 Å². The summed E-state index contributed by atoms with van der Waals surface area (Å²) in [6.07, 6.45) is -1.08. The molecule has 0 bridgehead atoms. The highest BCUT2D eigenvalue weighted by atomic mass is 16.6. The normalized spacial score (nSPS) is 31.5. The number of carbonyl (C=O) groups is 1. The zero-order chi connectivity index (χ0) is 13.3. The summed E-state index contributed by atoms with van der Waals surface area (Å²) in [5.74, 6) is -0.601. The number of nitrogens with two attached hydrogens (primary N) is 1. The van der Waals surface area contributed by atoms with Crippen LogP contribution in [0.3, 0.4) is 0 Å². The molecule has 0 saturated carbocycles. The first-order valence-corrected chi connectivity index (χ1v) is 5.47. The second kappa shape index (κ2) is 4.99.